The molecule has 0 amide bonds. The third-order valence-corrected chi connectivity index (χ3v) is 6.02. The summed E-state index contributed by atoms with van der Waals surface area (Å²) in [4.78, 5) is 1.56. The number of sulfone groups is 1. The van der Waals surface area contributed by atoms with E-state index in [0.29, 0.717) is 16.2 Å². The topological polar surface area (TPSA) is 46.2 Å². The fourth-order valence-corrected chi connectivity index (χ4v) is 4.39. The Bertz CT molecular complexity index is 511. The Morgan fingerprint density at radius 3 is 2.47 bits per heavy atom. The Labute approximate surface area is 120 Å². The second-order valence-electron chi connectivity index (χ2n) is 5.14. The van der Waals surface area contributed by atoms with Gasteiger partial charge in [-0.15, -0.1) is 11.8 Å². The second kappa shape index (κ2) is 6.29. The van der Waals surface area contributed by atoms with E-state index in [1.54, 1.807) is 12.1 Å². The lowest BCUT2D eigenvalue weighted by Gasteiger charge is -2.28. The molecule has 0 aromatic heterocycles. The van der Waals surface area contributed by atoms with Crippen LogP contribution in [0.15, 0.2) is 34.1 Å². The second-order valence-corrected chi connectivity index (χ2v) is 8.53. The molecule has 1 aliphatic carbocycles. The Hall–Kier alpha value is -0.520. The third kappa shape index (κ3) is 4.23. The first-order chi connectivity index (χ1) is 8.99. The zero-order chi connectivity index (χ0) is 13.9. The molecule has 0 spiro atoms. The number of hydrogen-bond donors (Lipinski definition) is 1. The van der Waals surface area contributed by atoms with E-state index in [0.717, 1.165) is 4.90 Å². The van der Waals surface area contributed by atoms with E-state index < -0.39 is 9.84 Å². The molecule has 0 aliphatic heterocycles. The van der Waals surface area contributed by atoms with Gasteiger partial charge in [0, 0.05) is 22.4 Å². The lowest BCUT2D eigenvalue weighted by atomic mass is 9.95. The van der Waals surface area contributed by atoms with Gasteiger partial charge in [-0.25, -0.2) is 8.42 Å². The van der Waals surface area contributed by atoms with Crippen molar-refractivity contribution in [2.24, 2.45) is 0 Å². The van der Waals surface area contributed by atoms with Crippen molar-refractivity contribution >= 4 is 21.6 Å². The molecule has 1 aromatic carbocycles. The quantitative estimate of drug-likeness (QED) is 0.928. The lowest BCUT2D eigenvalue weighted by molar-refractivity contribution is 0.402. The van der Waals surface area contributed by atoms with Crippen molar-refractivity contribution in [3.63, 3.8) is 0 Å². The van der Waals surface area contributed by atoms with Gasteiger partial charge in [-0.2, -0.15) is 0 Å². The van der Waals surface area contributed by atoms with Crippen molar-refractivity contribution in [2.45, 2.75) is 46.8 Å². The predicted octanol–water partition coefficient (Wildman–Crippen LogP) is 2.71. The average Bonchev–Trinajstić information content (AvgIpc) is 2.38. The highest BCUT2D eigenvalue weighted by atomic mass is 32.2. The van der Waals surface area contributed by atoms with Crippen LogP contribution in [0.3, 0.4) is 0 Å². The number of thioether (sulfide) groups is 1. The molecule has 1 saturated carbocycles. The highest BCUT2D eigenvalue weighted by Crippen LogP contribution is 2.34. The van der Waals surface area contributed by atoms with Crippen molar-refractivity contribution in [2.75, 3.05) is 13.3 Å². The van der Waals surface area contributed by atoms with E-state index in [9.17, 15) is 8.42 Å². The van der Waals surface area contributed by atoms with Gasteiger partial charge in [-0.1, -0.05) is 6.42 Å². The van der Waals surface area contributed by atoms with E-state index in [4.69, 9.17) is 0 Å². The summed E-state index contributed by atoms with van der Waals surface area (Å²) in [6, 6.07) is 7.88. The van der Waals surface area contributed by atoms with E-state index in [2.05, 4.69) is 5.32 Å². The Kier molecular flexibility index (Phi) is 4.92. The largest absolute Gasteiger partial charge is 0.317 e. The molecular weight excluding hydrogens is 278 g/mol. The van der Waals surface area contributed by atoms with Crippen LogP contribution < -0.4 is 5.32 Å². The van der Waals surface area contributed by atoms with Gasteiger partial charge < -0.3 is 5.32 Å². The number of rotatable bonds is 4. The fourth-order valence-electron chi connectivity index (χ4n) is 2.47. The van der Waals surface area contributed by atoms with E-state index >= 15 is 0 Å². The molecule has 3 nitrogen and oxygen atoms in total. The minimum absolute atomic E-state index is 0.397. The van der Waals surface area contributed by atoms with Crippen molar-refractivity contribution in [1.29, 1.82) is 0 Å². The first-order valence-electron chi connectivity index (χ1n) is 6.63. The summed E-state index contributed by atoms with van der Waals surface area (Å²) in [5.41, 5.74) is 0. The molecule has 1 aromatic rings. The molecule has 106 valence electrons. The van der Waals surface area contributed by atoms with Crippen LogP contribution in [0.25, 0.3) is 0 Å². The summed E-state index contributed by atoms with van der Waals surface area (Å²) in [7, 11) is -1.06. The van der Waals surface area contributed by atoms with Crippen LogP contribution in [-0.2, 0) is 9.84 Å². The average molecular weight is 299 g/mol. The molecule has 2 rings (SSSR count). The Balaban J connectivity index is 2.00. The monoisotopic (exact) mass is 299 g/mol. The standard InChI is InChI=1S/C14H21NO2S2/c1-15-11-4-3-5-13(10-11)18-12-6-8-14(9-7-12)19(2,16)17/h6-9,11,13,15H,3-5,10H2,1-2H3. The van der Waals surface area contributed by atoms with Crippen LogP contribution in [-0.4, -0.2) is 33.0 Å². The molecular formula is C14H21NO2S2. The highest BCUT2D eigenvalue weighted by molar-refractivity contribution is 8.00. The molecule has 1 aliphatic rings. The van der Waals surface area contributed by atoms with Gasteiger partial charge in [0.15, 0.2) is 9.84 Å². The van der Waals surface area contributed by atoms with Crippen molar-refractivity contribution < 1.29 is 8.42 Å². The fraction of sp³-hybridized carbons (Fsp3) is 0.571. The Morgan fingerprint density at radius 1 is 1.21 bits per heavy atom. The normalized spacial score (nSPS) is 24.3. The van der Waals surface area contributed by atoms with E-state index in [1.165, 1.54) is 31.9 Å². The van der Waals surface area contributed by atoms with Gasteiger partial charge in [0.25, 0.3) is 0 Å². The number of hydrogen-bond acceptors (Lipinski definition) is 4. The van der Waals surface area contributed by atoms with Gasteiger partial charge in [0.1, 0.15) is 0 Å². The molecule has 0 saturated heterocycles. The molecule has 0 heterocycles. The van der Waals surface area contributed by atoms with Gasteiger partial charge >= 0.3 is 0 Å². The molecule has 5 heteroatoms. The summed E-state index contributed by atoms with van der Waals surface area (Å²) in [6.45, 7) is 0. The maximum atomic E-state index is 11.4. The van der Waals surface area contributed by atoms with Crippen LogP contribution in [0.5, 0.6) is 0 Å². The smallest absolute Gasteiger partial charge is 0.175 e. The maximum absolute atomic E-state index is 11.4. The molecule has 0 bridgehead atoms. The third-order valence-electron chi connectivity index (χ3n) is 3.59. The molecule has 19 heavy (non-hydrogen) atoms. The van der Waals surface area contributed by atoms with Crippen molar-refractivity contribution in [1.82, 2.24) is 5.32 Å². The van der Waals surface area contributed by atoms with Crippen LogP contribution in [0.1, 0.15) is 25.7 Å². The minimum Gasteiger partial charge on any atom is -0.317 e. The first-order valence-corrected chi connectivity index (χ1v) is 9.40. The number of nitrogens with one attached hydrogen (secondary N) is 1. The molecule has 1 fully saturated rings. The minimum atomic E-state index is -3.08. The van der Waals surface area contributed by atoms with Gasteiger partial charge in [0.2, 0.25) is 0 Å². The van der Waals surface area contributed by atoms with Crippen LogP contribution in [0.2, 0.25) is 0 Å². The summed E-state index contributed by atoms with van der Waals surface area (Å²) >= 11 is 1.87. The predicted molar refractivity (Wildman–Crippen MR) is 80.5 cm³/mol. The van der Waals surface area contributed by atoms with Crippen LogP contribution >= 0.6 is 11.8 Å². The molecule has 0 radical (unpaired) electrons. The van der Waals surface area contributed by atoms with Gasteiger partial charge in [0.05, 0.1) is 4.90 Å². The highest BCUT2D eigenvalue weighted by Gasteiger charge is 2.21. The van der Waals surface area contributed by atoms with Crippen molar-refractivity contribution in [3.8, 4) is 0 Å². The Morgan fingerprint density at radius 2 is 1.89 bits per heavy atom. The van der Waals surface area contributed by atoms with Crippen molar-refractivity contribution in [3.05, 3.63) is 24.3 Å². The number of benzene rings is 1. The maximum Gasteiger partial charge on any atom is 0.175 e. The van der Waals surface area contributed by atoms with Crippen LogP contribution in [0, 0.1) is 0 Å². The zero-order valence-corrected chi connectivity index (χ0v) is 13.1. The molecule has 1 N–H and O–H groups in total. The van der Waals surface area contributed by atoms with E-state index in [1.807, 2.05) is 30.9 Å². The van der Waals surface area contributed by atoms with E-state index in [-0.39, 0.29) is 0 Å². The first kappa shape index (κ1) is 14.9. The van der Waals surface area contributed by atoms with Gasteiger partial charge in [-0.05, 0) is 50.6 Å². The summed E-state index contributed by atoms with van der Waals surface area (Å²) in [5.74, 6) is 0. The summed E-state index contributed by atoms with van der Waals surface area (Å²) < 4.78 is 22.8. The summed E-state index contributed by atoms with van der Waals surface area (Å²) in [5, 5.41) is 3.99. The lowest BCUT2D eigenvalue weighted by Crippen LogP contribution is -2.32. The summed E-state index contributed by atoms with van der Waals surface area (Å²) in [6.07, 6.45) is 6.21. The molecule has 2 unspecified atom stereocenters. The molecule has 2 atom stereocenters. The van der Waals surface area contributed by atoms with Gasteiger partial charge in [-0.3, -0.25) is 0 Å². The zero-order valence-electron chi connectivity index (χ0n) is 11.4. The SMILES string of the molecule is CNC1CCCC(Sc2ccc(S(C)(=O)=O)cc2)C1. The van der Waals surface area contributed by atoms with Crippen LogP contribution in [0.4, 0.5) is 0 Å².